The molecule has 1 aromatic heterocycles. The summed E-state index contributed by atoms with van der Waals surface area (Å²) in [6, 6.07) is 20.5. The van der Waals surface area contributed by atoms with E-state index < -0.39 is 12.6 Å². The molecule has 162 valence electrons. The highest BCUT2D eigenvalue weighted by atomic mass is 16.5. The number of ketones is 1. The number of Topliss-reactive ketones (excluding diaryl/α,β-unsaturated/α-hetero) is 1. The second-order valence-corrected chi connectivity index (χ2v) is 7.30. The van der Waals surface area contributed by atoms with E-state index in [1.807, 2.05) is 50.2 Å². The van der Waals surface area contributed by atoms with Crippen LogP contribution in [0.15, 0.2) is 66.2 Å². The molecule has 0 aliphatic heterocycles. The van der Waals surface area contributed by atoms with Crippen LogP contribution in [0.2, 0.25) is 0 Å². The van der Waals surface area contributed by atoms with Crippen LogP contribution >= 0.6 is 0 Å². The molecule has 1 heterocycles. The van der Waals surface area contributed by atoms with Crippen molar-refractivity contribution in [2.24, 2.45) is 0 Å². The van der Waals surface area contributed by atoms with Gasteiger partial charge in [0.1, 0.15) is 17.4 Å². The van der Waals surface area contributed by atoms with Crippen molar-refractivity contribution in [2.45, 2.75) is 20.4 Å². The van der Waals surface area contributed by atoms with Crippen molar-refractivity contribution in [1.29, 1.82) is 5.26 Å². The van der Waals surface area contributed by atoms with Gasteiger partial charge >= 0.3 is 5.97 Å². The van der Waals surface area contributed by atoms with Crippen LogP contribution in [0.25, 0.3) is 6.08 Å². The summed E-state index contributed by atoms with van der Waals surface area (Å²) in [5.74, 6) is -0.485. The Hall–Kier alpha value is -4.11. The molecular formula is C26H24N2O4. The lowest BCUT2D eigenvalue weighted by Crippen LogP contribution is -2.16. The first-order valence-corrected chi connectivity index (χ1v) is 10.1. The van der Waals surface area contributed by atoms with E-state index in [4.69, 9.17) is 9.47 Å². The molecule has 0 aliphatic rings. The van der Waals surface area contributed by atoms with Gasteiger partial charge in [0.25, 0.3) is 0 Å². The van der Waals surface area contributed by atoms with Gasteiger partial charge in [0.2, 0.25) is 5.78 Å². The van der Waals surface area contributed by atoms with Gasteiger partial charge in [0, 0.05) is 23.5 Å². The van der Waals surface area contributed by atoms with Crippen molar-refractivity contribution < 1.29 is 19.1 Å². The van der Waals surface area contributed by atoms with Gasteiger partial charge in [-0.3, -0.25) is 4.79 Å². The summed E-state index contributed by atoms with van der Waals surface area (Å²) in [6.45, 7) is 4.02. The van der Waals surface area contributed by atoms with Crippen LogP contribution in [0.4, 0.5) is 0 Å². The molecular weight excluding hydrogens is 404 g/mol. The molecule has 6 nitrogen and oxygen atoms in total. The van der Waals surface area contributed by atoms with Crippen molar-refractivity contribution in [1.82, 2.24) is 4.57 Å². The fourth-order valence-electron chi connectivity index (χ4n) is 3.38. The Morgan fingerprint density at radius 1 is 1.06 bits per heavy atom. The Labute approximate surface area is 187 Å². The summed E-state index contributed by atoms with van der Waals surface area (Å²) >= 11 is 0. The van der Waals surface area contributed by atoms with Gasteiger partial charge in [0.05, 0.1) is 7.11 Å². The van der Waals surface area contributed by atoms with Gasteiger partial charge in [-0.05, 0) is 49.2 Å². The molecule has 0 unspecified atom stereocenters. The molecule has 0 spiro atoms. The molecule has 0 N–H and O–H groups in total. The number of aryl methyl sites for hydroxylation is 1. The number of carbonyl (C=O) groups excluding carboxylic acids is 2. The molecule has 0 saturated carbocycles. The summed E-state index contributed by atoms with van der Waals surface area (Å²) in [5.41, 5.74) is 3.85. The first-order chi connectivity index (χ1) is 15.4. The van der Waals surface area contributed by atoms with Crippen LogP contribution in [0.3, 0.4) is 0 Å². The Bertz CT molecular complexity index is 1180. The minimum Gasteiger partial charge on any atom is -0.497 e. The summed E-state index contributed by atoms with van der Waals surface area (Å²) in [7, 11) is 1.55. The summed E-state index contributed by atoms with van der Waals surface area (Å²) in [4.78, 5) is 25.1. The number of hydrogen-bond acceptors (Lipinski definition) is 5. The highest BCUT2D eigenvalue weighted by Gasteiger charge is 2.19. The van der Waals surface area contributed by atoms with Crippen LogP contribution in [0, 0.1) is 25.2 Å². The van der Waals surface area contributed by atoms with Gasteiger partial charge in [-0.15, -0.1) is 0 Å². The smallest absolute Gasteiger partial charge is 0.349 e. The number of benzene rings is 2. The first-order valence-electron chi connectivity index (χ1n) is 10.1. The van der Waals surface area contributed by atoms with Gasteiger partial charge in [-0.2, -0.15) is 5.26 Å². The summed E-state index contributed by atoms with van der Waals surface area (Å²) in [5, 5.41) is 9.33. The van der Waals surface area contributed by atoms with Crippen molar-refractivity contribution in [3.63, 3.8) is 0 Å². The van der Waals surface area contributed by atoms with Crippen molar-refractivity contribution in [2.75, 3.05) is 13.7 Å². The molecule has 32 heavy (non-hydrogen) atoms. The average molecular weight is 428 g/mol. The van der Waals surface area contributed by atoms with Crippen LogP contribution in [0.1, 0.15) is 32.9 Å². The third-order valence-electron chi connectivity index (χ3n) is 5.16. The molecule has 0 radical (unpaired) electrons. The molecule has 0 amide bonds. The zero-order valence-electron chi connectivity index (χ0n) is 18.3. The molecule has 0 atom stereocenters. The van der Waals surface area contributed by atoms with E-state index in [0.29, 0.717) is 23.4 Å². The van der Waals surface area contributed by atoms with Gasteiger partial charge in [-0.1, -0.05) is 42.5 Å². The van der Waals surface area contributed by atoms with Crippen molar-refractivity contribution in [3.05, 3.63) is 94.3 Å². The molecule has 0 fully saturated rings. The zero-order chi connectivity index (χ0) is 23.1. The zero-order valence-corrected chi connectivity index (χ0v) is 18.3. The molecule has 0 saturated heterocycles. The molecule has 3 aromatic rings. The number of rotatable bonds is 8. The Morgan fingerprint density at radius 3 is 2.38 bits per heavy atom. The van der Waals surface area contributed by atoms with Crippen molar-refractivity contribution in [3.8, 4) is 11.8 Å². The van der Waals surface area contributed by atoms with Gasteiger partial charge < -0.3 is 14.0 Å². The van der Waals surface area contributed by atoms with Crippen LogP contribution in [0.5, 0.6) is 5.75 Å². The second kappa shape index (κ2) is 10.3. The Balaban J connectivity index is 1.68. The van der Waals surface area contributed by atoms with E-state index in [0.717, 1.165) is 17.0 Å². The lowest BCUT2D eigenvalue weighted by Gasteiger charge is -2.10. The first kappa shape index (κ1) is 22.6. The molecule has 3 rings (SSSR count). The number of ether oxygens (including phenoxy) is 2. The standard InChI is InChI=1S/C26H24N2O4/c1-18-13-24(19(2)28(18)16-21-7-5-4-6-8-21)25(29)17-32-26(30)22(15-27)14-20-9-11-23(31-3)12-10-20/h4-14H,16-17H2,1-3H3. The molecule has 2 aromatic carbocycles. The van der Waals surface area contributed by atoms with E-state index in [9.17, 15) is 14.9 Å². The number of methoxy groups -OCH3 is 1. The molecule has 0 aliphatic carbocycles. The Kier molecular flexibility index (Phi) is 7.25. The van der Waals surface area contributed by atoms with Crippen LogP contribution in [-0.4, -0.2) is 30.0 Å². The number of aromatic nitrogens is 1. The van der Waals surface area contributed by atoms with Crippen LogP contribution in [-0.2, 0) is 16.1 Å². The van der Waals surface area contributed by atoms with Gasteiger partial charge in [-0.25, -0.2) is 4.79 Å². The highest BCUT2D eigenvalue weighted by Crippen LogP contribution is 2.19. The van der Waals surface area contributed by atoms with Gasteiger partial charge in [0.15, 0.2) is 6.61 Å². The maximum Gasteiger partial charge on any atom is 0.349 e. The average Bonchev–Trinajstić information content (AvgIpc) is 3.10. The number of carbonyl (C=O) groups is 2. The number of nitriles is 1. The second-order valence-electron chi connectivity index (χ2n) is 7.30. The predicted molar refractivity (Wildman–Crippen MR) is 121 cm³/mol. The fraction of sp³-hybridized carbons (Fsp3) is 0.192. The monoisotopic (exact) mass is 428 g/mol. The largest absolute Gasteiger partial charge is 0.497 e. The fourth-order valence-corrected chi connectivity index (χ4v) is 3.38. The maximum atomic E-state index is 12.7. The number of hydrogen-bond donors (Lipinski definition) is 0. The summed E-state index contributed by atoms with van der Waals surface area (Å²) < 4.78 is 12.3. The van der Waals surface area contributed by atoms with E-state index in [2.05, 4.69) is 4.57 Å². The number of esters is 1. The third kappa shape index (κ3) is 5.32. The van der Waals surface area contributed by atoms with E-state index in [1.54, 1.807) is 37.4 Å². The van der Waals surface area contributed by atoms with E-state index >= 15 is 0 Å². The minimum atomic E-state index is -0.838. The predicted octanol–water partition coefficient (Wildman–Crippen LogP) is 4.49. The van der Waals surface area contributed by atoms with E-state index in [1.165, 1.54) is 6.08 Å². The lowest BCUT2D eigenvalue weighted by molar-refractivity contribution is -0.137. The highest BCUT2D eigenvalue weighted by molar-refractivity contribution is 6.02. The van der Waals surface area contributed by atoms with E-state index in [-0.39, 0.29) is 11.4 Å². The minimum absolute atomic E-state index is 0.183. The number of nitrogens with zero attached hydrogens (tertiary/aromatic N) is 2. The maximum absolute atomic E-state index is 12.7. The van der Waals surface area contributed by atoms with Crippen LogP contribution < -0.4 is 4.74 Å². The quantitative estimate of drug-likeness (QED) is 0.228. The summed E-state index contributed by atoms with van der Waals surface area (Å²) in [6.07, 6.45) is 1.41. The Morgan fingerprint density at radius 2 is 1.75 bits per heavy atom. The van der Waals surface area contributed by atoms with Crippen molar-refractivity contribution >= 4 is 17.8 Å². The SMILES string of the molecule is COc1ccc(C=C(C#N)C(=O)OCC(=O)c2cc(C)n(Cc3ccccc3)c2C)cc1. The topological polar surface area (TPSA) is 81.3 Å². The molecule has 6 heteroatoms. The third-order valence-corrected chi connectivity index (χ3v) is 5.16. The normalized spacial score (nSPS) is 11.0. The lowest BCUT2D eigenvalue weighted by atomic mass is 10.1. The molecule has 0 bridgehead atoms.